The molecule has 0 saturated heterocycles. The predicted molar refractivity (Wildman–Crippen MR) is 35.4 cm³/mol. The second kappa shape index (κ2) is 2.60. The Morgan fingerprint density at radius 1 is 1.44 bits per heavy atom. The summed E-state index contributed by atoms with van der Waals surface area (Å²) in [5, 5.41) is 2.59. The van der Waals surface area contributed by atoms with Gasteiger partial charge in [0.05, 0.1) is 0 Å². The third kappa shape index (κ3) is 1.50. The highest BCUT2D eigenvalue weighted by molar-refractivity contribution is 6.30. The van der Waals surface area contributed by atoms with Crippen LogP contribution < -0.4 is 5.11 Å². The Bertz CT molecular complexity index is 222. The number of hydrogen-bond donors (Lipinski definition) is 1. The van der Waals surface area contributed by atoms with Crippen molar-refractivity contribution in [1.29, 1.82) is 0 Å². The lowest BCUT2D eigenvalue weighted by molar-refractivity contribution is -0.379. The molecule has 9 heavy (non-hydrogen) atoms. The van der Waals surface area contributed by atoms with Crippen molar-refractivity contribution >= 4 is 17.3 Å². The molecule has 0 aromatic heterocycles. The molecule has 0 saturated carbocycles. The molecule has 1 aromatic rings. The topological polar surface area (TPSA) is 36.3 Å². The van der Waals surface area contributed by atoms with Gasteiger partial charge in [-0.2, -0.15) is 0 Å². The number of halogens is 1. The van der Waals surface area contributed by atoms with Crippen LogP contribution in [0.4, 0.5) is 5.69 Å². The first-order chi connectivity index (χ1) is 4.33. The van der Waals surface area contributed by atoms with Crippen molar-refractivity contribution in [2.24, 2.45) is 0 Å². The molecule has 0 amide bonds. The Morgan fingerprint density at radius 2 is 2.22 bits per heavy atom. The lowest BCUT2D eigenvalue weighted by Crippen LogP contribution is -2.54. The van der Waals surface area contributed by atoms with E-state index in [2.05, 4.69) is 0 Å². The van der Waals surface area contributed by atoms with E-state index in [0.29, 0.717) is 10.7 Å². The second-order valence-corrected chi connectivity index (χ2v) is 2.06. The van der Waals surface area contributed by atoms with Gasteiger partial charge in [0, 0.05) is 17.2 Å². The Balaban J connectivity index is 3.07. The zero-order valence-electron chi connectivity index (χ0n) is 4.63. The van der Waals surface area contributed by atoms with Gasteiger partial charge in [-0.05, 0) is 6.07 Å². The first-order valence-corrected chi connectivity index (χ1v) is 2.86. The Labute approximate surface area is 58.0 Å². The van der Waals surface area contributed by atoms with Gasteiger partial charge in [-0.25, -0.2) is 0 Å². The molecular formula is C6H5ClN2. The van der Waals surface area contributed by atoms with Gasteiger partial charge in [-0.3, -0.25) is 5.11 Å². The van der Waals surface area contributed by atoms with Crippen LogP contribution in [0.1, 0.15) is 0 Å². The van der Waals surface area contributed by atoms with Crippen molar-refractivity contribution in [2.75, 3.05) is 0 Å². The zero-order chi connectivity index (χ0) is 6.69. The standard InChI is InChI=1S/C6H5ClN2/c7-5-2-1-3-6(4-5)9-8/h1-4,9H. The van der Waals surface area contributed by atoms with Gasteiger partial charge in [0.15, 0.2) is 5.69 Å². The van der Waals surface area contributed by atoms with Gasteiger partial charge in [0.1, 0.15) is 0 Å². The molecule has 0 aliphatic heterocycles. The summed E-state index contributed by atoms with van der Waals surface area (Å²) in [7, 11) is 0. The molecule has 0 radical (unpaired) electrons. The van der Waals surface area contributed by atoms with E-state index in [1.165, 1.54) is 0 Å². The highest BCUT2D eigenvalue weighted by Gasteiger charge is 1.90. The van der Waals surface area contributed by atoms with Gasteiger partial charge in [0.25, 0.3) is 0 Å². The van der Waals surface area contributed by atoms with E-state index in [4.69, 9.17) is 17.1 Å². The SMILES string of the molecule is [N-]=[NH+]c1cccc(Cl)c1. The van der Waals surface area contributed by atoms with Crippen LogP contribution in [0.15, 0.2) is 24.3 Å². The Morgan fingerprint density at radius 3 is 2.67 bits per heavy atom. The van der Waals surface area contributed by atoms with Crippen molar-refractivity contribution < 1.29 is 5.11 Å². The third-order valence-electron chi connectivity index (χ3n) is 0.954. The minimum atomic E-state index is 0.600. The number of benzene rings is 1. The molecule has 2 nitrogen and oxygen atoms in total. The van der Waals surface area contributed by atoms with Crippen LogP contribution in [0.2, 0.25) is 5.02 Å². The summed E-state index contributed by atoms with van der Waals surface area (Å²) in [6.45, 7) is 0. The van der Waals surface area contributed by atoms with Crippen molar-refractivity contribution in [3.8, 4) is 0 Å². The molecule has 46 valence electrons. The van der Waals surface area contributed by atoms with Crippen LogP contribution in [-0.2, 0) is 0 Å². The summed E-state index contributed by atoms with van der Waals surface area (Å²) in [6, 6.07) is 6.83. The van der Waals surface area contributed by atoms with Gasteiger partial charge < -0.3 is 5.53 Å². The minimum absolute atomic E-state index is 0.600. The summed E-state index contributed by atoms with van der Waals surface area (Å²) in [5.74, 6) is 0. The number of hydrogen-bond acceptors (Lipinski definition) is 0. The van der Waals surface area contributed by atoms with E-state index in [0.717, 1.165) is 0 Å². The molecule has 1 N–H and O–H groups in total. The Kier molecular flexibility index (Phi) is 1.80. The molecule has 1 rings (SSSR count). The quantitative estimate of drug-likeness (QED) is 0.567. The van der Waals surface area contributed by atoms with Gasteiger partial charge in [-0.1, -0.05) is 17.7 Å². The molecular weight excluding hydrogens is 136 g/mol. The summed E-state index contributed by atoms with van der Waals surface area (Å²) in [5.41, 5.74) is 8.95. The summed E-state index contributed by atoms with van der Waals surface area (Å²) >= 11 is 5.57. The fourth-order valence-electron chi connectivity index (χ4n) is 0.558. The zero-order valence-corrected chi connectivity index (χ0v) is 5.39. The van der Waals surface area contributed by atoms with Crippen LogP contribution in [0.25, 0.3) is 5.53 Å². The molecule has 0 spiro atoms. The van der Waals surface area contributed by atoms with Crippen LogP contribution >= 0.6 is 11.6 Å². The fourth-order valence-corrected chi connectivity index (χ4v) is 0.748. The normalized spacial score (nSPS) is 9.00. The maximum absolute atomic E-state index is 8.35. The number of nitrogens with one attached hydrogen (secondary N) is 1. The maximum Gasteiger partial charge on any atom is 0.194 e. The summed E-state index contributed by atoms with van der Waals surface area (Å²) in [4.78, 5) is 0. The van der Waals surface area contributed by atoms with Crippen molar-refractivity contribution in [3.05, 3.63) is 34.8 Å². The lowest BCUT2D eigenvalue weighted by atomic mass is 10.3. The average Bonchev–Trinajstić information content (AvgIpc) is 1.88. The monoisotopic (exact) mass is 140 g/mol. The van der Waals surface area contributed by atoms with E-state index in [1.54, 1.807) is 24.3 Å². The smallest absolute Gasteiger partial charge is 0.194 e. The highest BCUT2D eigenvalue weighted by atomic mass is 35.5. The largest absolute Gasteiger partial charge is 0.502 e. The van der Waals surface area contributed by atoms with Gasteiger partial charge in [0.2, 0.25) is 0 Å². The van der Waals surface area contributed by atoms with Crippen molar-refractivity contribution in [3.63, 3.8) is 0 Å². The van der Waals surface area contributed by atoms with E-state index >= 15 is 0 Å². The minimum Gasteiger partial charge on any atom is -0.502 e. The Hall–Kier alpha value is -0.890. The molecule has 0 unspecified atom stereocenters. The molecule has 3 heteroatoms. The van der Waals surface area contributed by atoms with E-state index < -0.39 is 0 Å². The van der Waals surface area contributed by atoms with Crippen molar-refractivity contribution in [2.45, 2.75) is 0 Å². The summed E-state index contributed by atoms with van der Waals surface area (Å²) < 4.78 is 0. The van der Waals surface area contributed by atoms with Crippen LogP contribution in [0.5, 0.6) is 0 Å². The highest BCUT2D eigenvalue weighted by Crippen LogP contribution is 2.09. The van der Waals surface area contributed by atoms with Crippen LogP contribution in [0.3, 0.4) is 0 Å². The van der Waals surface area contributed by atoms with Gasteiger partial charge >= 0.3 is 0 Å². The molecule has 0 fully saturated rings. The maximum atomic E-state index is 8.35. The second-order valence-electron chi connectivity index (χ2n) is 1.62. The van der Waals surface area contributed by atoms with E-state index in [-0.39, 0.29) is 0 Å². The molecule has 1 aromatic carbocycles. The molecule has 0 atom stereocenters. The third-order valence-corrected chi connectivity index (χ3v) is 1.19. The van der Waals surface area contributed by atoms with Crippen LogP contribution in [0, 0.1) is 0 Å². The van der Waals surface area contributed by atoms with Crippen molar-refractivity contribution in [1.82, 2.24) is 0 Å². The molecule has 0 aliphatic carbocycles. The molecule has 0 aliphatic rings. The first kappa shape index (κ1) is 6.23. The van der Waals surface area contributed by atoms with E-state index in [1.807, 2.05) is 5.11 Å². The van der Waals surface area contributed by atoms with Crippen LogP contribution in [-0.4, -0.2) is 0 Å². The fraction of sp³-hybridized carbons (Fsp3) is 0. The predicted octanol–water partition coefficient (Wildman–Crippen LogP) is 1.07. The number of rotatable bonds is 1. The molecule has 0 heterocycles. The first-order valence-electron chi connectivity index (χ1n) is 2.48. The summed E-state index contributed by atoms with van der Waals surface area (Å²) in [6.07, 6.45) is 0. The molecule has 0 bridgehead atoms. The van der Waals surface area contributed by atoms with Gasteiger partial charge in [-0.15, -0.1) is 0 Å². The average molecular weight is 141 g/mol. The van der Waals surface area contributed by atoms with E-state index in [9.17, 15) is 0 Å². The number of nitrogens with zero attached hydrogens (tertiary/aromatic N) is 1. The lowest BCUT2D eigenvalue weighted by Gasteiger charge is -1.87.